The number of carbonyl (C=O) groups is 2. The molecule has 0 fully saturated rings. The van der Waals surface area contributed by atoms with Crippen molar-refractivity contribution in [2.24, 2.45) is 0 Å². The summed E-state index contributed by atoms with van der Waals surface area (Å²) in [5.74, 6) is 1.02. The Balaban J connectivity index is 1.62. The summed E-state index contributed by atoms with van der Waals surface area (Å²) < 4.78 is 16.2. The summed E-state index contributed by atoms with van der Waals surface area (Å²) in [6.07, 6.45) is 0. The molecule has 198 valence electrons. The fourth-order valence-corrected chi connectivity index (χ4v) is 5.13. The van der Waals surface area contributed by atoms with E-state index in [1.165, 1.54) is 0 Å². The number of para-hydroxylation sites is 1. The molecule has 0 bridgehead atoms. The van der Waals surface area contributed by atoms with Crippen molar-refractivity contribution in [3.8, 4) is 17.2 Å². The van der Waals surface area contributed by atoms with Crippen LogP contribution in [0.2, 0.25) is 0 Å². The number of rotatable bonds is 8. The maximum Gasteiger partial charge on any atom is 0.259 e. The van der Waals surface area contributed by atoms with E-state index in [2.05, 4.69) is 5.32 Å². The lowest BCUT2D eigenvalue weighted by Crippen LogP contribution is -2.47. The number of ether oxygens (including phenoxy) is 3. The van der Waals surface area contributed by atoms with Crippen molar-refractivity contribution in [2.45, 2.75) is 18.5 Å². The zero-order chi connectivity index (χ0) is 27.4. The van der Waals surface area contributed by atoms with Gasteiger partial charge in [-0.1, -0.05) is 48.5 Å². The molecular formula is C32H30N2O5. The summed E-state index contributed by atoms with van der Waals surface area (Å²) in [6.45, 7) is 0.285. The average molecular weight is 523 g/mol. The fourth-order valence-electron chi connectivity index (χ4n) is 5.13. The van der Waals surface area contributed by atoms with Crippen LogP contribution in [0.5, 0.6) is 17.2 Å². The van der Waals surface area contributed by atoms with Gasteiger partial charge in [-0.25, -0.2) is 0 Å². The molecule has 0 spiro atoms. The van der Waals surface area contributed by atoms with Crippen molar-refractivity contribution in [1.29, 1.82) is 0 Å². The first kappa shape index (κ1) is 25.9. The van der Waals surface area contributed by atoms with Crippen molar-refractivity contribution in [3.05, 3.63) is 119 Å². The van der Waals surface area contributed by atoms with E-state index >= 15 is 0 Å². The third kappa shape index (κ3) is 5.03. The molecule has 7 nitrogen and oxygen atoms in total. The van der Waals surface area contributed by atoms with Gasteiger partial charge in [0.2, 0.25) is 5.91 Å². The molecule has 0 saturated heterocycles. The summed E-state index contributed by atoms with van der Waals surface area (Å²) in [5.41, 5.74) is 3.52. The Morgan fingerprint density at radius 1 is 0.769 bits per heavy atom. The molecule has 0 saturated carbocycles. The Labute approximate surface area is 227 Å². The molecule has 4 aromatic rings. The summed E-state index contributed by atoms with van der Waals surface area (Å²) in [5, 5.41) is 3.11. The van der Waals surface area contributed by atoms with Crippen LogP contribution in [0.1, 0.15) is 39.0 Å². The van der Waals surface area contributed by atoms with E-state index in [1.54, 1.807) is 32.3 Å². The largest absolute Gasteiger partial charge is 0.497 e. The van der Waals surface area contributed by atoms with E-state index in [0.717, 1.165) is 11.1 Å². The predicted molar refractivity (Wildman–Crippen MR) is 150 cm³/mol. The minimum Gasteiger partial charge on any atom is -0.497 e. The molecule has 0 aliphatic carbocycles. The van der Waals surface area contributed by atoms with Crippen LogP contribution in [0.25, 0.3) is 0 Å². The van der Waals surface area contributed by atoms with Crippen LogP contribution in [0.3, 0.4) is 0 Å². The van der Waals surface area contributed by atoms with Crippen LogP contribution in [0.15, 0.2) is 97.1 Å². The van der Waals surface area contributed by atoms with Gasteiger partial charge in [0.15, 0.2) is 0 Å². The van der Waals surface area contributed by atoms with Gasteiger partial charge in [-0.2, -0.15) is 0 Å². The summed E-state index contributed by atoms with van der Waals surface area (Å²) in [7, 11) is 4.81. The first-order valence-electron chi connectivity index (χ1n) is 12.7. The highest BCUT2D eigenvalue weighted by Crippen LogP contribution is 2.45. The maximum absolute atomic E-state index is 14.1. The first-order valence-corrected chi connectivity index (χ1v) is 12.7. The van der Waals surface area contributed by atoms with Gasteiger partial charge in [-0.05, 0) is 59.7 Å². The Kier molecular flexibility index (Phi) is 7.50. The second kappa shape index (κ2) is 11.3. The van der Waals surface area contributed by atoms with Crippen LogP contribution >= 0.6 is 0 Å². The number of hydrogen-bond acceptors (Lipinski definition) is 5. The number of amides is 2. The highest BCUT2D eigenvalue weighted by Gasteiger charge is 2.44. The molecule has 1 heterocycles. The van der Waals surface area contributed by atoms with Crippen molar-refractivity contribution in [1.82, 2.24) is 5.32 Å². The van der Waals surface area contributed by atoms with E-state index < -0.39 is 12.0 Å². The van der Waals surface area contributed by atoms with Crippen molar-refractivity contribution >= 4 is 17.5 Å². The summed E-state index contributed by atoms with van der Waals surface area (Å²) in [4.78, 5) is 29.8. The number of benzene rings is 4. The minimum absolute atomic E-state index is 0.176. The van der Waals surface area contributed by atoms with Crippen molar-refractivity contribution in [3.63, 3.8) is 0 Å². The van der Waals surface area contributed by atoms with Gasteiger partial charge >= 0.3 is 0 Å². The Bertz CT molecular complexity index is 1470. The summed E-state index contributed by atoms with van der Waals surface area (Å²) in [6, 6.07) is 29.1. The number of nitrogens with one attached hydrogen (secondary N) is 1. The van der Waals surface area contributed by atoms with Crippen molar-refractivity contribution in [2.75, 3.05) is 26.2 Å². The Morgan fingerprint density at radius 3 is 2.05 bits per heavy atom. The normalized spacial score (nSPS) is 16.3. The Morgan fingerprint density at radius 2 is 1.38 bits per heavy atom. The second-order valence-electron chi connectivity index (χ2n) is 9.19. The third-order valence-electron chi connectivity index (χ3n) is 7.07. The van der Waals surface area contributed by atoms with Crippen LogP contribution < -0.4 is 24.4 Å². The van der Waals surface area contributed by atoms with E-state index in [9.17, 15) is 9.59 Å². The molecule has 2 atom stereocenters. The van der Waals surface area contributed by atoms with Crippen molar-refractivity contribution < 1.29 is 23.8 Å². The van der Waals surface area contributed by atoms with Gasteiger partial charge in [0.1, 0.15) is 17.2 Å². The van der Waals surface area contributed by atoms with Gasteiger partial charge in [0, 0.05) is 23.4 Å². The maximum atomic E-state index is 14.1. The topological polar surface area (TPSA) is 77.1 Å². The van der Waals surface area contributed by atoms with E-state index in [0.29, 0.717) is 34.1 Å². The fraction of sp³-hybridized carbons (Fsp3) is 0.188. The molecule has 1 N–H and O–H groups in total. The van der Waals surface area contributed by atoms with Gasteiger partial charge in [0.05, 0.1) is 33.3 Å². The van der Waals surface area contributed by atoms with E-state index in [-0.39, 0.29) is 18.4 Å². The number of fused-ring (bicyclic) bond motifs is 1. The standard InChI is InChI=1S/C32H30N2O5/c1-37-24-16-12-21(13-17-24)30-29(31(35)33-20-22-8-4-7-11-28(22)39-3)26-9-5-6-10-27(26)32(36)34(30)23-14-18-25(38-2)19-15-23/h4-19,29-30H,20H2,1-3H3,(H,33,35)/t29-,30-/m0/s1. The molecular weight excluding hydrogens is 492 g/mol. The highest BCUT2D eigenvalue weighted by molar-refractivity contribution is 6.11. The van der Waals surface area contributed by atoms with E-state index in [1.807, 2.05) is 91.0 Å². The van der Waals surface area contributed by atoms with Crippen LogP contribution in [-0.2, 0) is 11.3 Å². The van der Waals surface area contributed by atoms with Crippen LogP contribution in [-0.4, -0.2) is 33.1 Å². The van der Waals surface area contributed by atoms with E-state index in [4.69, 9.17) is 14.2 Å². The quantitative estimate of drug-likeness (QED) is 0.330. The average Bonchev–Trinajstić information content (AvgIpc) is 3.00. The monoisotopic (exact) mass is 522 g/mol. The lowest BCUT2D eigenvalue weighted by atomic mass is 9.78. The molecule has 39 heavy (non-hydrogen) atoms. The minimum atomic E-state index is -0.677. The van der Waals surface area contributed by atoms with Gasteiger partial charge in [-0.3, -0.25) is 14.5 Å². The number of hydrogen-bond donors (Lipinski definition) is 1. The predicted octanol–water partition coefficient (Wildman–Crippen LogP) is 5.51. The second-order valence-corrected chi connectivity index (χ2v) is 9.19. The molecule has 0 aromatic heterocycles. The molecule has 2 amide bonds. The first-order chi connectivity index (χ1) is 19.0. The molecule has 7 heteroatoms. The molecule has 0 radical (unpaired) electrons. The number of carbonyl (C=O) groups excluding carboxylic acids is 2. The number of methoxy groups -OCH3 is 3. The number of nitrogens with zero attached hydrogens (tertiary/aromatic N) is 1. The SMILES string of the molecule is COc1ccc([C@H]2[C@@H](C(=O)NCc3ccccc3OC)c3ccccc3C(=O)N2c2ccc(OC)cc2)cc1. The van der Waals surface area contributed by atoms with Gasteiger partial charge < -0.3 is 19.5 Å². The van der Waals surface area contributed by atoms with Gasteiger partial charge in [0.25, 0.3) is 5.91 Å². The van der Waals surface area contributed by atoms with Gasteiger partial charge in [-0.15, -0.1) is 0 Å². The lowest BCUT2D eigenvalue weighted by molar-refractivity contribution is -0.123. The molecule has 0 unspecified atom stereocenters. The lowest BCUT2D eigenvalue weighted by Gasteiger charge is -2.42. The van der Waals surface area contributed by atoms with Crippen LogP contribution in [0.4, 0.5) is 5.69 Å². The third-order valence-corrected chi connectivity index (χ3v) is 7.07. The Hall–Kier alpha value is -4.78. The highest BCUT2D eigenvalue weighted by atomic mass is 16.5. The molecule has 1 aliphatic rings. The smallest absolute Gasteiger partial charge is 0.259 e. The zero-order valence-electron chi connectivity index (χ0n) is 22.1. The van der Waals surface area contributed by atoms with Crippen LogP contribution in [0, 0.1) is 0 Å². The molecule has 5 rings (SSSR count). The molecule has 1 aliphatic heterocycles. The summed E-state index contributed by atoms with van der Waals surface area (Å²) >= 11 is 0. The zero-order valence-corrected chi connectivity index (χ0v) is 22.1. The molecule has 4 aromatic carbocycles. The number of anilines is 1.